The third kappa shape index (κ3) is 2.01. The topological polar surface area (TPSA) is 29.5 Å². The lowest BCUT2D eigenvalue weighted by Crippen LogP contribution is -2.17. The lowest BCUT2D eigenvalue weighted by atomic mass is 9.97. The summed E-state index contributed by atoms with van der Waals surface area (Å²) < 4.78 is 4.98. The van der Waals surface area contributed by atoms with Crippen LogP contribution in [0.3, 0.4) is 0 Å². The van der Waals surface area contributed by atoms with Crippen molar-refractivity contribution >= 4 is 0 Å². The first kappa shape index (κ1) is 9.63. The molecule has 0 aliphatic heterocycles. The Morgan fingerprint density at radius 2 is 1.92 bits per heavy atom. The van der Waals surface area contributed by atoms with E-state index in [0.717, 1.165) is 5.75 Å². The summed E-state index contributed by atoms with van der Waals surface area (Å²) in [5.41, 5.74) is -0.512. The fraction of sp³-hybridized carbons (Fsp3) is 0.273. The third-order valence-corrected chi connectivity index (χ3v) is 1.93. The average Bonchev–Trinajstić information content (AvgIpc) is 2.18. The van der Waals surface area contributed by atoms with Crippen LogP contribution in [-0.2, 0) is 5.60 Å². The largest absolute Gasteiger partial charge is 0.497 e. The molecule has 0 heterocycles. The summed E-state index contributed by atoms with van der Waals surface area (Å²) in [4.78, 5) is 0. The molecular formula is C11H12O2. The summed E-state index contributed by atoms with van der Waals surface area (Å²) in [6, 6.07) is 7.03. The maximum Gasteiger partial charge on any atom is 0.147 e. The van der Waals surface area contributed by atoms with Crippen LogP contribution >= 0.6 is 0 Å². The lowest BCUT2D eigenvalue weighted by Gasteiger charge is -2.16. The van der Waals surface area contributed by atoms with Crippen molar-refractivity contribution in [3.05, 3.63) is 29.8 Å². The highest BCUT2D eigenvalue weighted by Gasteiger charge is 2.18. The highest BCUT2D eigenvalue weighted by atomic mass is 16.5. The first-order chi connectivity index (χ1) is 6.10. The molecule has 1 N–H and O–H groups in total. The number of terminal acetylenes is 1. The summed E-state index contributed by atoms with van der Waals surface area (Å²) >= 11 is 0. The molecular weight excluding hydrogens is 164 g/mol. The first-order valence-electron chi connectivity index (χ1n) is 3.95. The zero-order valence-corrected chi connectivity index (χ0v) is 7.74. The minimum atomic E-state index is -1.20. The van der Waals surface area contributed by atoms with Crippen LogP contribution in [-0.4, -0.2) is 12.2 Å². The van der Waals surface area contributed by atoms with E-state index in [9.17, 15) is 5.11 Å². The molecule has 0 spiro atoms. The molecule has 0 saturated carbocycles. The van der Waals surface area contributed by atoms with Gasteiger partial charge in [0.15, 0.2) is 0 Å². The predicted octanol–water partition coefficient (Wildman–Crippen LogP) is 1.54. The summed E-state index contributed by atoms with van der Waals surface area (Å²) in [5, 5.41) is 9.68. The van der Waals surface area contributed by atoms with Gasteiger partial charge in [-0.2, -0.15) is 0 Å². The number of methoxy groups -OCH3 is 1. The summed E-state index contributed by atoms with van der Waals surface area (Å²) in [7, 11) is 1.59. The van der Waals surface area contributed by atoms with E-state index in [0.29, 0.717) is 5.56 Å². The Labute approximate surface area is 78.2 Å². The van der Waals surface area contributed by atoms with E-state index < -0.39 is 5.60 Å². The van der Waals surface area contributed by atoms with Gasteiger partial charge in [0, 0.05) is 0 Å². The summed E-state index contributed by atoms with van der Waals surface area (Å²) in [6.07, 6.45) is 5.18. The minimum absolute atomic E-state index is 0.691. The second-order valence-corrected chi connectivity index (χ2v) is 2.95. The predicted molar refractivity (Wildman–Crippen MR) is 51.4 cm³/mol. The van der Waals surface area contributed by atoms with Crippen LogP contribution in [0.4, 0.5) is 0 Å². The van der Waals surface area contributed by atoms with E-state index in [1.165, 1.54) is 0 Å². The van der Waals surface area contributed by atoms with Crippen LogP contribution in [0.25, 0.3) is 0 Å². The Kier molecular flexibility index (Phi) is 2.60. The van der Waals surface area contributed by atoms with Crippen molar-refractivity contribution in [3.63, 3.8) is 0 Å². The van der Waals surface area contributed by atoms with Crippen molar-refractivity contribution in [2.45, 2.75) is 12.5 Å². The van der Waals surface area contributed by atoms with Crippen LogP contribution in [0.15, 0.2) is 24.3 Å². The van der Waals surface area contributed by atoms with Crippen molar-refractivity contribution in [2.75, 3.05) is 7.11 Å². The molecule has 1 aromatic rings. The molecule has 1 atom stereocenters. The third-order valence-electron chi connectivity index (χ3n) is 1.93. The van der Waals surface area contributed by atoms with Gasteiger partial charge < -0.3 is 9.84 Å². The van der Waals surface area contributed by atoms with Crippen molar-refractivity contribution in [3.8, 4) is 18.1 Å². The molecule has 2 heteroatoms. The van der Waals surface area contributed by atoms with Gasteiger partial charge in [-0.25, -0.2) is 0 Å². The number of ether oxygens (including phenoxy) is 1. The van der Waals surface area contributed by atoms with Crippen LogP contribution < -0.4 is 4.74 Å². The molecule has 0 saturated heterocycles. The fourth-order valence-electron chi connectivity index (χ4n) is 0.999. The molecule has 68 valence electrons. The van der Waals surface area contributed by atoms with Crippen molar-refractivity contribution in [2.24, 2.45) is 0 Å². The molecule has 1 rings (SSSR count). The van der Waals surface area contributed by atoms with E-state index in [1.807, 2.05) is 0 Å². The molecule has 0 amide bonds. The quantitative estimate of drug-likeness (QED) is 0.692. The van der Waals surface area contributed by atoms with Gasteiger partial charge in [-0.1, -0.05) is 18.1 Å². The van der Waals surface area contributed by atoms with Crippen molar-refractivity contribution in [1.29, 1.82) is 0 Å². The lowest BCUT2D eigenvalue weighted by molar-refractivity contribution is 0.122. The maximum atomic E-state index is 9.68. The minimum Gasteiger partial charge on any atom is -0.497 e. The average molecular weight is 176 g/mol. The maximum absolute atomic E-state index is 9.68. The molecule has 0 aliphatic carbocycles. The standard InChI is InChI=1S/C11H12O2/c1-4-11(2,12)9-5-7-10(13-3)8-6-9/h1,5-8,12H,2-3H3. The Bertz CT molecular complexity index is 317. The number of hydrogen-bond acceptors (Lipinski definition) is 2. The zero-order valence-electron chi connectivity index (χ0n) is 7.74. The van der Waals surface area contributed by atoms with Crippen LogP contribution in [0, 0.1) is 12.3 Å². The molecule has 13 heavy (non-hydrogen) atoms. The Morgan fingerprint density at radius 1 is 1.38 bits per heavy atom. The molecule has 0 aromatic heterocycles. The molecule has 0 fully saturated rings. The Hall–Kier alpha value is -1.46. The SMILES string of the molecule is C#CC(C)(O)c1ccc(OC)cc1. The second kappa shape index (κ2) is 3.51. The molecule has 0 radical (unpaired) electrons. The summed E-state index contributed by atoms with van der Waals surface area (Å²) in [6.45, 7) is 1.58. The Balaban J connectivity index is 3.00. The van der Waals surface area contributed by atoms with Gasteiger partial charge in [0.2, 0.25) is 0 Å². The normalized spacial score (nSPS) is 14.3. The van der Waals surface area contributed by atoms with E-state index in [1.54, 1.807) is 38.3 Å². The molecule has 1 unspecified atom stereocenters. The van der Waals surface area contributed by atoms with Crippen molar-refractivity contribution in [1.82, 2.24) is 0 Å². The van der Waals surface area contributed by atoms with Gasteiger partial charge >= 0.3 is 0 Å². The van der Waals surface area contributed by atoms with E-state index in [4.69, 9.17) is 11.2 Å². The van der Waals surface area contributed by atoms with Gasteiger partial charge in [-0.05, 0) is 24.6 Å². The molecule has 0 bridgehead atoms. The Morgan fingerprint density at radius 3 is 2.31 bits per heavy atom. The van der Waals surface area contributed by atoms with E-state index in [-0.39, 0.29) is 0 Å². The van der Waals surface area contributed by atoms with Gasteiger partial charge in [-0.15, -0.1) is 6.42 Å². The van der Waals surface area contributed by atoms with Crippen LogP contribution in [0.2, 0.25) is 0 Å². The fourth-order valence-corrected chi connectivity index (χ4v) is 0.999. The van der Waals surface area contributed by atoms with Crippen LogP contribution in [0.5, 0.6) is 5.75 Å². The van der Waals surface area contributed by atoms with Crippen LogP contribution in [0.1, 0.15) is 12.5 Å². The zero-order chi connectivity index (χ0) is 9.90. The number of hydrogen-bond donors (Lipinski definition) is 1. The second-order valence-electron chi connectivity index (χ2n) is 2.95. The molecule has 0 aliphatic rings. The number of aliphatic hydroxyl groups is 1. The molecule has 2 nitrogen and oxygen atoms in total. The number of benzene rings is 1. The smallest absolute Gasteiger partial charge is 0.147 e. The highest BCUT2D eigenvalue weighted by Crippen LogP contribution is 2.21. The number of rotatable bonds is 2. The van der Waals surface area contributed by atoms with E-state index in [2.05, 4.69) is 5.92 Å². The van der Waals surface area contributed by atoms with E-state index >= 15 is 0 Å². The monoisotopic (exact) mass is 176 g/mol. The van der Waals surface area contributed by atoms with Gasteiger partial charge in [0.05, 0.1) is 7.11 Å². The van der Waals surface area contributed by atoms with Gasteiger partial charge in [0.25, 0.3) is 0 Å². The highest BCUT2D eigenvalue weighted by molar-refractivity contribution is 5.34. The first-order valence-corrected chi connectivity index (χ1v) is 3.95. The van der Waals surface area contributed by atoms with Gasteiger partial charge in [-0.3, -0.25) is 0 Å². The van der Waals surface area contributed by atoms with Crippen molar-refractivity contribution < 1.29 is 9.84 Å². The van der Waals surface area contributed by atoms with Gasteiger partial charge in [0.1, 0.15) is 11.4 Å². The molecule has 1 aromatic carbocycles. The summed E-state index contributed by atoms with van der Waals surface area (Å²) in [5.74, 6) is 3.06.